The summed E-state index contributed by atoms with van der Waals surface area (Å²) < 4.78 is 13.2. The Kier molecular flexibility index (Phi) is 6.52. The summed E-state index contributed by atoms with van der Waals surface area (Å²) in [5.41, 5.74) is 4.30. The molecule has 1 saturated carbocycles. The molecule has 0 spiro atoms. The van der Waals surface area contributed by atoms with Gasteiger partial charge in [-0.1, -0.05) is 37.1 Å². The number of hydrogen-bond acceptors (Lipinski definition) is 8. The van der Waals surface area contributed by atoms with E-state index in [2.05, 4.69) is 30.3 Å². The van der Waals surface area contributed by atoms with Crippen LogP contribution in [0, 0.1) is 0 Å². The molecule has 0 saturated heterocycles. The first kappa shape index (κ1) is 21.4. The average Bonchev–Trinajstić information content (AvgIpc) is 3.50. The molecule has 2 aromatic heterocycles. The van der Waals surface area contributed by atoms with Gasteiger partial charge in [-0.2, -0.15) is 5.10 Å². The molecule has 1 amide bonds. The Morgan fingerprint density at radius 1 is 1.18 bits per heavy atom. The second-order valence-electron chi connectivity index (χ2n) is 7.90. The number of pyridine rings is 1. The van der Waals surface area contributed by atoms with Crippen LogP contribution in [-0.4, -0.2) is 44.4 Å². The molecule has 33 heavy (non-hydrogen) atoms. The average molecular weight is 465 g/mol. The number of benzene rings is 1. The van der Waals surface area contributed by atoms with Gasteiger partial charge < -0.3 is 9.47 Å². The number of amides is 1. The number of carbonyl (C=O) groups excluding carboxylic acids is 1. The van der Waals surface area contributed by atoms with Crippen molar-refractivity contribution in [2.45, 2.75) is 43.3 Å². The lowest BCUT2D eigenvalue weighted by Crippen LogP contribution is -2.20. The zero-order chi connectivity index (χ0) is 22.5. The number of fused-ring (bicyclic) bond motifs is 1. The van der Waals surface area contributed by atoms with Crippen LogP contribution in [0.3, 0.4) is 0 Å². The van der Waals surface area contributed by atoms with Gasteiger partial charge in [-0.05, 0) is 37.1 Å². The molecule has 0 unspecified atom stereocenters. The normalized spacial score (nSPS) is 15.8. The number of nitrogens with zero attached hydrogens (tertiary/aromatic N) is 5. The molecule has 1 aromatic carbocycles. The van der Waals surface area contributed by atoms with E-state index in [4.69, 9.17) is 9.47 Å². The van der Waals surface area contributed by atoms with Gasteiger partial charge in [-0.15, -0.1) is 10.2 Å². The Morgan fingerprint density at radius 2 is 2.06 bits per heavy atom. The highest BCUT2D eigenvalue weighted by Gasteiger charge is 2.25. The monoisotopic (exact) mass is 464 g/mol. The first-order valence-electron chi connectivity index (χ1n) is 11.0. The van der Waals surface area contributed by atoms with Gasteiger partial charge in [0.15, 0.2) is 22.5 Å². The van der Waals surface area contributed by atoms with Crippen molar-refractivity contribution in [3.8, 4) is 22.9 Å². The van der Waals surface area contributed by atoms with Gasteiger partial charge in [0.25, 0.3) is 5.91 Å². The molecule has 9 nitrogen and oxygen atoms in total. The largest absolute Gasteiger partial charge is 0.454 e. The van der Waals surface area contributed by atoms with E-state index in [-0.39, 0.29) is 18.5 Å². The van der Waals surface area contributed by atoms with Gasteiger partial charge in [0, 0.05) is 29.6 Å². The molecule has 1 aliphatic carbocycles. The van der Waals surface area contributed by atoms with Crippen molar-refractivity contribution in [2.75, 3.05) is 12.5 Å². The van der Waals surface area contributed by atoms with Crippen molar-refractivity contribution < 1.29 is 14.3 Å². The fourth-order valence-electron chi connectivity index (χ4n) is 4.07. The Labute approximate surface area is 195 Å². The summed E-state index contributed by atoms with van der Waals surface area (Å²) in [6.07, 6.45) is 10.7. The molecule has 3 heterocycles. The Hall–Kier alpha value is -3.40. The number of carbonyl (C=O) groups is 1. The second kappa shape index (κ2) is 10.0. The highest BCUT2D eigenvalue weighted by Crippen LogP contribution is 2.39. The van der Waals surface area contributed by atoms with E-state index in [1.165, 1.54) is 31.0 Å². The van der Waals surface area contributed by atoms with Gasteiger partial charge in [0.05, 0.1) is 12.0 Å². The third kappa shape index (κ3) is 5.00. The molecule has 0 atom stereocenters. The number of aromatic nitrogens is 4. The van der Waals surface area contributed by atoms with Crippen LogP contribution >= 0.6 is 11.8 Å². The predicted octanol–water partition coefficient (Wildman–Crippen LogP) is 3.82. The van der Waals surface area contributed by atoms with Crippen molar-refractivity contribution in [2.24, 2.45) is 5.10 Å². The van der Waals surface area contributed by atoms with Gasteiger partial charge in [0.2, 0.25) is 6.79 Å². The van der Waals surface area contributed by atoms with E-state index < -0.39 is 0 Å². The van der Waals surface area contributed by atoms with Crippen LogP contribution in [0.4, 0.5) is 0 Å². The molecular weight excluding hydrogens is 440 g/mol. The van der Waals surface area contributed by atoms with Crippen LogP contribution in [0.5, 0.6) is 11.5 Å². The minimum atomic E-state index is -0.206. The summed E-state index contributed by atoms with van der Waals surface area (Å²) in [6, 6.07) is 9.81. The zero-order valence-corrected chi connectivity index (χ0v) is 18.8. The summed E-state index contributed by atoms with van der Waals surface area (Å²) in [7, 11) is 0. The van der Waals surface area contributed by atoms with Crippen molar-refractivity contribution in [3.63, 3.8) is 0 Å². The maximum absolute atomic E-state index is 12.3. The van der Waals surface area contributed by atoms with Crippen LogP contribution in [0.1, 0.15) is 43.7 Å². The molecule has 3 aromatic rings. The SMILES string of the molecule is O=C(CSc1nnc(-c2ccc3c(c2)OCO3)n1C1CCCCC1)NN=Cc1cccnc1. The van der Waals surface area contributed by atoms with Gasteiger partial charge >= 0.3 is 0 Å². The number of hydrazone groups is 1. The minimum absolute atomic E-state index is 0.191. The van der Waals surface area contributed by atoms with Gasteiger partial charge in [-0.25, -0.2) is 5.43 Å². The first-order valence-corrected chi connectivity index (χ1v) is 12.0. The Balaban J connectivity index is 1.31. The summed E-state index contributed by atoms with van der Waals surface area (Å²) >= 11 is 1.37. The molecule has 5 rings (SSSR count). The number of ether oxygens (including phenoxy) is 2. The van der Waals surface area contributed by atoms with E-state index >= 15 is 0 Å². The van der Waals surface area contributed by atoms with Crippen LogP contribution in [0.15, 0.2) is 53.0 Å². The Morgan fingerprint density at radius 3 is 2.91 bits per heavy atom. The number of hydrogen-bond donors (Lipinski definition) is 1. The van der Waals surface area contributed by atoms with Crippen molar-refractivity contribution in [1.82, 2.24) is 25.2 Å². The molecule has 10 heteroatoms. The second-order valence-corrected chi connectivity index (χ2v) is 8.85. The van der Waals surface area contributed by atoms with Crippen LogP contribution < -0.4 is 14.9 Å². The maximum Gasteiger partial charge on any atom is 0.250 e. The number of nitrogens with one attached hydrogen (secondary N) is 1. The van der Waals surface area contributed by atoms with E-state index in [9.17, 15) is 4.79 Å². The topological polar surface area (TPSA) is 104 Å². The van der Waals surface area contributed by atoms with E-state index in [0.717, 1.165) is 40.7 Å². The van der Waals surface area contributed by atoms with E-state index in [1.54, 1.807) is 18.6 Å². The molecule has 1 N–H and O–H groups in total. The third-order valence-electron chi connectivity index (χ3n) is 5.65. The minimum Gasteiger partial charge on any atom is -0.454 e. The van der Waals surface area contributed by atoms with Crippen LogP contribution in [0.25, 0.3) is 11.4 Å². The van der Waals surface area contributed by atoms with E-state index in [0.29, 0.717) is 11.8 Å². The summed E-state index contributed by atoms with van der Waals surface area (Å²) in [6.45, 7) is 0.230. The molecular formula is C23H24N6O3S. The first-order chi connectivity index (χ1) is 16.3. The van der Waals surface area contributed by atoms with Gasteiger partial charge in [-0.3, -0.25) is 14.3 Å². The highest BCUT2D eigenvalue weighted by atomic mass is 32.2. The summed E-state index contributed by atoms with van der Waals surface area (Å²) in [5.74, 6) is 2.23. The summed E-state index contributed by atoms with van der Waals surface area (Å²) in [5, 5.41) is 13.7. The fraction of sp³-hybridized carbons (Fsp3) is 0.348. The number of rotatable bonds is 7. The third-order valence-corrected chi connectivity index (χ3v) is 6.60. The van der Waals surface area contributed by atoms with E-state index in [1.807, 2.05) is 30.3 Å². The van der Waals surface area contributed by atoms with Crippen LogP contribution in [-0.2, 0) is 4.79 Å². The molecule has 1 aliphatic heterocycles. The molecule has 0 radical (unpaired) electrons. The lowest BCUT2D eigenvalue weighted by Gasteiger charge is -2.25. The molecule has 1 fully saturated rings. The quantitative estimate of drug-likeness (QED) is 0.322. The molecule has 170 valence electrons. The fourth-order valence-corrected chi connectivity index (χ4v) is 4.87. The lowest BCUT2D eigenvalue weighted by molar-refractivity contribution is -0.118. The molecule has 2 aliphatic rings. The molecule has 0 bridgehead atoms. The van der Waals surface area contributed by atoms with Crippen molar-refractivity contribution in [3.05, 3.63) is 48.3 Å². The zero-order valence-electron chi connectivity index (χ0n) is 18.0. The van der Waals surface area contributed by atoms with Crippen molar-refractivity contribution in [1.29, 1.82) is 0 Å². The Bertz CT molecular complexity index is 1140. The van der Waals surface area contributed by atoms with Crippen LogP contribution in [0.2, 0.25) is 0 Å². The number of thioether (sulfide) groups is 1. The van der Waals surface area contributed by atoms with Gasteiger partial charge in [0.1, 0.15) is 0 Å². The highest BCUT2D eigenvalue weighted by molar-refractivity contribution is 7.99. The predicted molar refractivity (Wildman–Crippen MR) is 124 cm³/mol. The maximum atomic E-state index is 12.3. The standard InChI is InChI=1S/C23H24N6O3S/c30-21(26-25-13-16-5-4-10-24-12-16)14-33-23-28-27-22(29(23)18-6-2-1-3-7-18)17-8-9-19-20(11-17)32-15-31-19/h4-5,8-13,18H,1-3,6-7,14-15H2,(H,26,30). The van der Waals surface area contributed by atoms with Crippen molar-refractivity contribution >= 4 is 23.9 Å². The summed E-state index contributed by atoms with van der Waals surface area (Å²) in [4.78, 5) is 16.4. The smallest absolute Gasteiger partial charge is 0.250 e. The lowest BCUT2D eigenvalue weighted by atomic mass is 9.95.